The van der Waals surface area contributed by atoms with Crippen LogP contribution in [-0.4, -0.2) is 44.4 Å². The van der Waals surface area contributed by atoms with Crippen molar-refractivity contribution < 1.29 is 22.5 Å². The van der Waals surface area contributed by atoms with E-state index in [-0.39, 0.29) is 25.4 Å². The van der Waals surface area contributed by atoms with Gasteiger partial charge in [-0.15, -0.1) is 11.3 Å². The maximum atomic E-state index is 12.2. The maximum Gasteiger partial charge on any atom is 0.246 e. The summed E-state index contributed by atoms with van der Waals surface area (Å²) in [5.74, 6) is 1.11. The molecule has 1 N–H and O–H groups in total. The first-order valence-electron chi connectivity index (χ1n) is 9.12. The van der Waals surface area contributed by atoms with Crippen LogP contribution >= 0.6 is 11.3 Å². The number of aromatic nitrogens is 2. The molecule has 0 aliphatic rings. The van der Waals surface area contributed by atoms with Gasteiger partial charge in [-0.05, 0) is 30.0 Å². The van der Waals surface area contributed by atoms with Gasteiger partial charge in [-0.3, -0.25) is 9.10 Å². The normalized spacial score (nSPS) is 11.3. The molecule has 0 bridgehead atoms. The van der Waals surface area contributed by atoms with Gasteiger partial charge in [0.2, 0.25) is 27.6 Å². The lowest BCUT2D eigenvalue weighted by molar-refractivity contribution is -0.121. The summed E-state index contributed by atoms with van der Waals surface area (Å²) in [4.78, 5) is 17.3. The Morgan fingerprint density at radius 2 is 2.13 bits per heavy atom. The van der Waals surface area contributed by atoms with Gasteiger partial charge in [-0.2, -0.15) is 4.98 Å². The molecule has 3 rings (SSSR count). The maximum absolute atomic E-state index is 12.2. The number of nitrogens with one attached hydrogen (secondary N) is 1. The lowest BCUT2D eigenvalue weighted by atomic mass is 10.2. The Labute approximate surface area is 178 Å². The predicted molar refractivity (Wildman–Crippen MR) is 114 cm³/mol. The lowest BCUT2D eigenvalue weighted by Gasteiger charge is -2.22. The minimum atomic E-state index is -3.50. The molecule has 30 heavy (non-hydrogen) atoms. The number of nitrogens with zero attached hydrogens (tertiary/aromatic N) is 3. The van der Waals surface area contributed by atoms with Crippen LogP contribution in [0.5, 0.6) is 5.75 Å². The summed E-state index contributed by atoms with van der Waals surface area (Å²) in [7, 11) is -1.99. The van der Waals surface area contributed by atoms with Crippen LogP contribution in [0.1, 0.15) is 18.7 Å². The molecule has 1 aromatic carbocycles. The van der Waals surface area contributed by atoms with Crippen LogP contribution in [0.25, 0.3) is 10.7 Å². The fourth-order valence-electron chi connectivity index (χ4n) is 2.73. The largest absolute Gasteiger partial charge is 0.497 e. The zero-order valence-electron chi connectivity index (χ0n) is 16.6. The van der Waals surface area contributed by atoms with Crippen molar-refractivity contribution in [1.82, 2.24) is 15.5 Å². The van der Waals surface area contributed by atoms with Crippen LogP contribution < -0.4 is 14.4 Å². The first kappa shape index (κ1) is 21.8. The summed E-state index contributed by atoms with van der Waals surface area (Å²) in [5, 5.41) is 8.51. The number of thiophene rings is 1. The van der Waals surface area contributed by atoms with Crippen molar-refractivity contribution in [3.63, 3.8) is 0 Å². The van der Waals surface area contributed by atoms with Gasteiger partial charge in [0.25, 0.3) is 0 Å². The number of methoxy groups -OCH3 is 1. The average Bonchev–Trinajstić information content (AvgIpc) is 3.40. The Bertz CT molecular complexity index is 1080. The predicted octanol–water partition coefficient (Wildman–Crippen LogP) is 2.67. The highest BCUT2D eigenvalue weighted by molar-refractivity contribution is 7.92. The summed E-state index contributed by atoms with van der Waals surface area (Å²) in [6.07, 6.45) is 1.63. The van der Waals surface area contributed by atoms with Crippen molar-refractivity contribution in [3.8, 4) is 16.5 Å². The number of rotatable bonds is 10. The summed E-state index contributed by atoms with van der Waals surface area (Å²) in [6.45, 7) is 0.283. The van der Waals surface area contributed by atoms with Crippen molar-refractivity contribution in [1.29, 1.82) is 0 Å². The van der Waals surface area contributed by atoms with E-state index in [2.05, 4.69) is 15.5 Å². The SMILES string of the molecule is COc1cccc(N(CCCC(=O)NCc2nc(-c3cccs3)no2)S(C)(=O)=O)c1. The third-order valence-electron chi connectivity index (χ3n) is 4.15. The molecule has 0 radical (unpaired) electrons. The molecular weight excluding hydrogens is 428 g/mol. The number of anilines is 1. The number of ether oxygens (including phenoxy) is 1. The van der Waals surface area contributed by atoms with Crippen molar-refractivity contribution in [3.05, 3.63) is 47.7 Å². The van der Waals surface area contributed by atoms with E-state index in [1.165, 1.54) is 22.8 Å². The Hall–Kier alpha value is -2.92. The molecule has 0 saturated heterocycles. The van der Waals surface area contributed by atoms with Gasteiger partial charge in [0.1, 0.15) is 5.75 Å². The number of hydrogen-bond acceptors (Lipinski definition) is 8. The molecule has 0 saturated carbocycles. The van der Waals surface area contributed by atoms with Gasteiger partial charge >= 0.3 is 0 Å². The molecule has 3 aromatic rings. The number of benzene rings is 1. The Balaban J connectivity index is 1.51. The Morgan fingerprint density at radius 3 is 2.83 bits per heavy atom. The average molecular weight is 451 g/mol. The third kappa shape index (κ3) is 5.80. The van der Waals surface area contributed by atoms with Crippen molar-refractivity contribution >= 4 is 33.0 Å². The topological polar surface area (TPSA) is 115 Å². The fourth-order valence-corrected chi connectivity index (χ4v) is 4.34. The van der Waals surface area contributed by atoms with E-state index < -0.39 is 10.0 Å². The molecule has 160 valence electrons. The molecule has 0 spiro atoms. The molecule has 11 heteroatoms. The second-order valence-electron chi connectivity index (χ2n) is 6.41. The van der Waals surface area contributed by atoms with Crippen LogP contribution in [0.4, 0.5) is 5.69 Å². The number of carbonyl (C=O) groups is 1. The zero-order chi connectivity index (χ0) is 21.6. The van der Waals surface area contributed by atoms with Gasteiger partial charge in [-0.1, -0.05) is 17.3 Å². The van der Waals surface area contributed by atoms with Gasteiger partial charge < -0.3 is 14.6 Å². The smallest absolute Gasteiger partial charge is 0.246 e. The van der Waals surface area contributed by atoms with Gasteiger partial charge in [0.15, 0.2) is 0 Å². The number of amides is 1. The molecule has 9 nitrogen and oxygen atoms in total. The highest BCUT2D eigenvalue weighted by Crippen LogP contribution is 2.23. The van der Waals surface area contributed by atoms with E-state index in [0.717, 1.165) is 11.1 Å². The fraction of sp³-hybridized carbons (Fsp3) is 0.316. The molecule has 2 aromatic heterocycles. The van der Waals surface area contributed by atoms with Crippen LogP contribution in [0.15, 0.2) is 46.3 Å². The first-order valence-corrected chi connectivity index (χ1v) is 11.8. The summed E-state index contributed by atoms with van der Waals surface area (Å²) in [5.41, 5.74) is 0.490. The Kier molecular flexibility index (Phi) is 7.06. The van der Waals surface area contributed by atoms with Crippen molar-refractivity contribution in [2.24, 2.45) is 0 Å². The molecule has 0 aliphatic heterocycles. The van der Waals surface area contributed by atoms with Crippen LogP contribution in [0.3, 0.4) is 0 Å². The van der Waals surface area contributed by atoms with E-state index in [1.807, 2.05) is 17.5 Å². The second kappa shape index (κ2) is 9.72. The minimum Gasteiger partial charge on any atom is -0.497 e. The van der Waals surface area contributed by atoms with Gasteiger partial charge in [0, 0.05) is 19.0 Å². The summed E-state index contributed by atoms with van der Waals surface area (Å²) < 4.78 is 35.9. The number of hydrogen-bond donors (Lipinski definition) is 1. The molecular formula is C19H22N4O5S2. The first-order chi connectivity index (χ1) is 14.4. The molecule has 0 unspecified atom stereocenters. The van der Waals surface area contributed by atoms with E-state index in [1.54, 1.807) is 24.3 Å². The van der Waals surface area contributed by atoms with Crippen molar-refractivity contribution in [2.75, 3.05) is 24.2 Å². The standard InChI is InChI=1S/C19H22N4O5S2/c1-27-15-7-3-6-14(12-15)23(30(2,25)26)10-4-9-17(24)20-13-18-21-19(22-28-18)16-8-5-11-29-16/h3,5-8,11-12H,4,9-10,13H2,1-2H3,(H,20,24). The zero-order valence-corrected chi connectivity index (χ0v) is 18.2. The van der Waals surface area contributed by atoms with Crippen LogP contribution in [0.2, 0.25) is 0 Å². The number of carbonyl (C=O) groups excluding carboxylic acids is 1. The van der Waals surface area contributed by atoms with Crippen LogP contribution in [-0.2, 0) is 21.4 Å². The van der Waals surface area contributed by atoms with E-state index in [4.69, 9.17) is 9.26 Å². The highest BCUT2D eigenvalue weighted by atomic mass is 32.2. The quantitative estimate of drug-likeness (QED) is 0.505. The Morgan fingerprint density at radius 1 is 1.30 bits per heavy atom. The van der Waals surface area contributed by atoms with E-state index in [0.29, 0.717) is 29.6 Å². The molecule has 0 aliphatic carbocycles. The van der Waals surface area contributed by atoms with E-state index in [9.17, 15) is 13.2 Å². The van der Waals surface area contributed by atoms with Gasteiger partial charge in [-0.25, -0.2) is 8.42 Å². The van der Waals surface area contributed by atoms with Crippen molar-refractivity contribution in [2.45, 2.75) is 19.4 Å². The monoisotopic (exact) mass is 450 g/mol. The van der Waals surface area contributed by atoms with E-state index >= 15 is 0 Å². The van der Waals surface area contributed by atoms with Gasteiger partial charge in [0.05, 0.1) is 30.5 Å². The second-order valence-corrected chi connectivity index (χ2v) is 9.26. The molecule has 0 atom stereocenters. The summed E-state index contributed by atoms with van der Waals surface area (Å²) in [6, 6.07) is 10.6. The third-order valence-corrected chi connectivity index (χ3v) is 6.21. The highest BCUT2D eigenvalue weighted by Gasteiger charge is 2.18. The molecule has 1 amide bonds. The molecule has 0 fully saturated rings. The summed E-state index contributed by atoms with van der Waals surface area (Å²) >= 11 is 1.50. The molecule has 2 heterocycles. The lowest BCUT2D eigenvalue weighted by Crippen LogP contribution is -2.32. The van der Waals surface area contributed by atoms with Crippen LogP contribution in [0, 0.1) is 0 Å². The minimum absolute atomic E-state index is 0.114. The number of sulfonamides is 1.